The molecule has 7 heavy (non-hydrogen) atoms. The molecule has 0 nitrogen and oxygen atoms in total. The van der Waals surface area contributed by atoms with Gasteiger partial charge in [0.05, 0.1) is 6.67 Å². The van der Waals surface area contributed by atoms with Crippen molar-refractivity contribution in [1.82, 2.24) is 0 Å². The van der Waals surface area contributed by atoms with E-state index in [1.807, 2.05) is 0 Å². The maximum Gasteiger partial charge on any atom is 0.103 e. The molecule has 0 spiro atoms. The number of hydrogen-bond acceptors (Lipinski definition) is 0. The minimum atomic E-state index is -1.04. The zero-order valence-corrected chi connectivity index (χ0v) is 4.16. The topological polar surface area (TPSA) is 0 Å². The zero-order chi connectivity index (χ0) is 5.70. The normalized spacial score (nSPS) is 14.1. The van der Waals surface area contributed by atoms with Crippen molar-refractivity contribution >= 4 is 0 Å². The van der Waals surface area contributed by atoms with Crippen molar-refractivity contribution in [2.45, 2.75) is 19.0 Å². The molecule has 1 atom stereocenters. The van der Waals surface area contributed by atoms with Gasteiger partial charge in [-0.1, -0.05) is 6.92 Å². The number of halogens is 2. The van der Waals surface area contributed by atoms with Gasteiger partial charge in [-0.25, -0.2) is 4.39 Å². The van der Waals surface area contributed by atoms with Crippen LogP contribution in [0.15, 0.2) is 0 Å². The molecule has 0 aliphatic carbocycles. The van der Waals surface area contributed by atoms with Crippen molar-refractivity contribution in [3.8, 4) is 0 Å². The average molecular weight is 107 g/mol. The SMILES string of the molecule is [CH2]CC(F)CCF. The summed E-state index contributed by atoms with van der Waals surface area (Å²) < 4.78 is 23.0. The quantitative estimate of drug-likeness (QED) is 0.516. The molecule has 43 valence electrons. The van der Waals surface area contributed by atoms with Crippen LogP contribution in [0, 0.1) is 6.92 Å². The van der Waals surface area contributed by atoms with Crippen LogP contribution in [0.4, 0.5) is 8.78 Å². The highest BCUT2D eigenvalue weighted by Gasteiger charge is 1.99. The first-order chi connectivity index (χ1) is 3.31. The van der Waals surface area contributed by atoms with E-state index < -0.39 is 12.8 Å². The van der Waals surface area contributed by atoms with Gasteiger partial charge in [-0.2, -0.15) is 0 Å². The second-order valence-electron chi connectivity index (χ2n) is 1.36. The molecule has 0 aromatic carbocycles. The highest BCUT2D eigenvalue weighted by Crippen LogP contribution is 2.00. The van der Waals surface area contributed by atoms with E-state index in [0.29, 0.717) is 0 Å². The van der Waals surface area contributed by atoms with E-state index >= 15 is 0 Å². The Balaban J connectivity index is 2.83. The molecule has 0 heterocycles. The summed E-state index contributed by atoms with van der Waals surface area (Å²) in [7, 11) is 0. The third-order valence-corrected chi connectivity index (χ3v) is 0.736. The Hall–Kier alpha value is -0.140. The second-order valence-corrected chi connectivity index (χ2v) is 1.36. The Kier molecular flexibility index (Phi) is 3.95. The maximum atomic E-state index is 11.8. The van der Waals surface area contributed by atoms with E-state index in [1.54, 1.807) is 0 Å². The lowest BCUT2D eigenvalue weighted by Crippen LogP contribution is -1.97. The van der Waals surface area contributed by atoms with Crippen LogP contribution in [0.1, 0.15) is 12.8 Å². The zero-order valence-electron chi connectivity index (χ0n) is 4.16. The Morgan fingerprint density at radius 3 is 2.29 bits per heavy atom. The second kappa shape index (κ2) is 4.03. The highest BCUT2D eigenvalue weighted by atomic mass is 19.1. The summed E-state index contributed by atoms with van der Waals surface area (Å²) in [4.78, 5) is 0. The van der Waals surface area contributed by atoms with Crippen molar-refractivity contribution in [3.05, 3.63) is 6.92 Å². The van der Waals surface area contributed by atoms with Crippen LogP contribution in [0.3, 0.4) is 0 Å². The van der Waals surface area contributed by atoms with Gasteiger partial charge in [0.15, 0.2) is 0 Å². The van der Waals surface area contributed by atoms with Crippen LogP contribution >= 0.6 is 0 Å². The molecule has 0 aromatic heterocycles. The molecule has 0 saturated carbocycles. The van der Waals surface area contributed by atoms with Gasteiger partial charge in [-0.3, -0.25) is 4.39 Å². The Labute approximate surface area is 42.5 Å². The van der Waals surface area contributed by atoms with Crippen LogP contribution in [0.2, 0.25) is 0 Å². The van der Waals surface area contributed by atoms with Crippen molar-refractivity contribution < 1.29 is 8.78 Å². The fourth-order valence-corrected chi connectivity index (χ4v) is 0.263. The largest absolute Gasteiger partial charge is 0.251 e. The molecule has 0 fully saturated rings. The first kappa shape index (κ1) is 6.86. The molecular weight excluding hydrogens is 98.1 g/mol. The first-order valence-corrected chi connectivity index (χ1v) is 2.30. The van der Waals surface area contributed by atoms with Crippen LogP contribution in [-0.2, 0) is 0 Å². The molecule has 1 unspecified atom stereocenters. The molecule has 0 saturated heterocycles. The summed E-state index contributed by atoms with van der Waals surface area (Å²) in [5.74, 6) is 0. The summed E-state index contributed by atoms with van der Waals surface area (Å²) >= 11 is 0. The third-order valence-electron chi connectivity index (χ3n) is 0.736. The summed E-state index contributed by atoms with van der Waals surface area (Å²) in [6.45, 7) is 2.69. The van der Waals surface area contributed by atoms with Gasteiger partial charge in [0.2, 0.25) is 0 Å². The fourth-order valence-electron chi connectivity index (χ4n) is 0.263. The summed E-state index contributed by atoms with van der Waals surface area (Å²) in [6, 6.07) is 0. The molecule has 0 aromatic rings. The third kappa shape index (κ3) is 3.70. The van der Waals surface area contributed by atoms with Gasteiger partial charge in [-0.05, 0) is 6.42 Å². The Morgan fingerprint density at radius 1 is 1.57 bits per heavy atom. The summed E-state index contributed by atoms with van der Waals surface area (Å²) in [5.41, 5.74) is 0. The molecule has 0 rings (SSSR count). The van der Waals surface area contributed by atoms with E-state index in [4.69, 9.17) is 0 Å². The van der Waals surface area contributed by atoms with Gasteiger partial charge < -0.3 is 0 Å². The van der Waals surface area contributed by atoms with E-state index in [9.17, 15) is 8.78 Å². The summed E-state index contributed by atoms with van der Waals surface area (Å²) in [5, 5.41) is 0. The molecule has 2 heteroatoms. The molecule has 0 bridgehead atoms. The van der Waals surface area contributed by atoms with Crippen LogP contribution < -0.4 is 0 Å². The van der Waals surface area contributed by atoms with Crippen molar-refractivity contribution in [2.75, 3.05) is 6.67 Å². The van der Waals surface area contributed by atoms with E-state index in [-0.39, 0.29) is 12.8 Å². The minimum Gasteiger partial charge on any atom is -0.251 e. The van der Waals surface area contributed by atoms with Crippen LogP contribution in [0.5, 0.6) is 0 Å². The van der Waals surface area contributed by atoms with Crippen molar-refractivity contribution in [3.63, 3.8) is 0 Å². The predicted molar refractivity (Wildman–Crippen MR) is 25.5 cm³/mol. The van der Waals surface area contributed by atoms with E-state index in [2.05, 4.69) is 6.92 Å². The van der Waals surface area contributed by atoms with Gasteiger partial charge in [0, 0.05) is 6.42 Å². The lowest BCUT2D eigenvalue weighted by molar-refractivity contribution is 0.285. The summed E-state index contributed by atoms with van der Waals surface area (Å²) in [6.07, 6.45) is -0.849. The van der Waals surface area contributed by atoms with Gasteiger partial charge >= 0.3 is 0 Å². The average Bonchev–Trinajstić information content (AvgIpc) is 1.68. The lowest BCUT2D eigenvalue weighted by atomic mass is 10.2. The number of rotatable bonds is 3. The van der Waals surface area contributed by atoms with Gasteiger partial charge in [-0.15, -0.1) is 0 Å². The number of hydrogen-bond donors (Lipinski definition) is 0. The number of alkyl halides is 2. The first-order valence-electron chi connectivity index (χ1n) is 2.30. The van der Waals surface area contributed by atoms with Crippen LogP contribution in [0.25, 0.3) is 0 Å². The maximum absolute atomic E-state index is 11.8. The molecule has 1 radical (unpaired) electrons. The molecule has 0 aliphatic heterocycles. The molecular formula is C5H9F2. The lowest BCUT2D eigenvalue weighted by Gasteiger charge is -1.96. The fraction of sp³-hybridized carbons (Fsp3) is 0.800. The smallest absolute Gasteiger partial charge is 0.103 e. The minimum absolute atomic E-state index is 0.00347. The van der Waals surface area contributed by atoms with Crippen molar-refractivity contribution in [2.24, 2.45) is 0 Å². The van der Waals surface area contributed by atoms with Gasteiger partial charge in [0.25, 0.3) is 0 Å². The van der Waals surface area contributed by atoms with Crippen molar-refractivity contribution in [1.29, 1.82) is 0 Å². The van der Waals surface area contributed by atoms with Crippen LogP contribution in [-0.4, -0.2) is 12.8 Å². The Morgan fingerprint density at radius 2 is 2.14 bits per heavy atom. The molecule has 0 aliphatic rings. The monoisotopic (exact) mass is 107 g/mol. The Bertz CT molecular complexity index is 37.1. The molecule has 0 N–H and O–H groups in total. The molecule has 0 amide bonds. The van der Waals surface area contributed by atoms with E-state index in [0.717, 1.165) is 0 Å². The standard InChI is InChI=1S/C5H9F2/c1-2-5(7)3-4-6/h5H,1-4H2. The van der Waals surface area contributed by atoms with Gasteiger partial charge in [0.1, 0.15) is 6.17 Å². The highest BCUT2D eigenvalue weighted by molar-refractivity contribution is 4.54. The predicted octanol–water partition coefficient (Wildman–Crippen LogP) is 1.91. The van der Waals surface area contributed by atoms with E-state index in [1.165, 1.54) is 0 Å².